The SMILES string of the molecule is CCOC(=O)C1(C(O)c2ncc(Cl)cc2F)CCN(C(=O)OC(C)(C)C)CC1. The van der Waals surface area contributed by atoms with Gasteiger partial charge in [0.05, 0.1) is 11.6 Å². The molecule has 0 aromatic carbocycles. The first-order chi connectivity index (χ1) is 13.0. The van der Waals surface area contributed by atoms with Crippen molar-refractivity contribution in [2.24, 2.45) is 5.41 Å². The summed E-state index contributed by atoms with van der Waals surface area (Å²) in [5.74, 6) is -1.46. The summed E-state index contributed by atoms with van der Waals surface area (Å²) in [6, 6.07) is 1.03. The van der Waals surface area contributed by atoms with Crippen molar-refractivity contribution in [2.75, 3.05) is 19.7 Å². The molecule has 0 spiro atoms. The molecule has 0 aliphatic carbocycles. The number of pyridine rings is 1. The van der Waals surface area contributed by atoms with Gasteiger partial charge in [0, 0.05) is 19.3 Å². The Balaban J connectivity index is 2.26. The Morgan fingerprint density at radius 3 is 2.50 bits per heavy atom. The Morgan fingerprint density at radius 2 is 2.00 bits per heavy atom. The summed E-state index contributed by atoms with van der Waals surface area (Å²) in [6.07, 6.45) is -0.677. The number of hydrogen-bond donors (Lipinski definition) is 1. The number of aliphatic hydroxyl groups is 1. The van der Waals surface area contributed by atoms with Gasteiger partial charge in [-0.3, -0.25) is 9.78 Å². The Hall–Kier alpha value is -1.93. The minimum atomic E-state index is -1.54. The molecule has 1 N–H and O–H groups in total. The maximum atomic E-state index is 14.3. The molecule has 28 heavy (non-hydrogen) atoms. The van der Waals surface area contributed by atoms with Gasteiger partial charge in [-0.2, -0.15) is 0 Å². The topological polar surface area (TPSA) is 89.0 Å². The number of halogens is 2. The molecule has 7 nitrogen and oxygen atoms in total. The highest BCUT2D eigenvalue weighted by atomic mass is 35.5. The van der Waals surface area contributed by atoms with Crippen LogP contribution in [0, 0.1) is 11.2 Å². The van der Waals surface area contributed by atoms with Gasteiger partial charge in [0.25, 0.3) is 0 Å². The van der Waals surface area contributed by atoms with Crippen molar-refractivity contribution in [3.8, 4) is 0 Å². The standard InChI is InChI=1S/C19H26ClFN2O5/c1-5-27-16(25)19(15(24)14-13(21)10-12(20)11-22-14)6-8-23(9-7-19)17(26)28-18(2,3)4/h10-11,15,24H,5-9H2,1-4H3. The molecule has 1 amide bonds. The van der Waals surface area contributed by atoms with Crippen molar-refractivity contribution in [1.82, 2.24) is 9.88 Å². The quantitative estimate of drug-likeness (QED) is 0.756. The lowest BCUT2D eigenvalue weighted by Gasteiger charge is -2.42. The summed E-state index contributed by atoms with van der Waals surface area (Å²) in [6.45, 7) is 7.35. The molecule has 1 atom stereocenters. The zero-order chi connectivity index (χ0) is 21.1. The van der Waals surface area contributed by atoms with Gasteiger partial charge in [-0.15, -0.1) is 0 Å². The third kappa shape index (κ3) is 4.91. The Bertz CT molecular complexity index is 730. The molecular weight excluding hydrogens is 391 g/mol. The molecule has 0 saturated carbocycles. The van der Waals surface area contributed by atoms with Crippen LogP contribution in [0.2, 0.25) is 5.02 Å². The summed E-state index contributed by atoms with van der Waals surface area (Å²) >= 11 is 5.73. The van der Waals surface area contributed by atoms with E-state index in [0.717, 1.165) is 6.07 Å². The first-order valence-corrected chi connectivity index (χ1v) is 9.52. The molecule has 156 valence electrons. The van der Waals surface area contributed by atoms with E-state index in [1.165, 1.54) is 11.1 Å². The molecule has 1 aliphatic rings. The van der Waals surface area contributed by atoms with Crippen LogP contribution in [0.1, 0.15) is 52.3 Å². The molecule has 9 heteroatoms. The number of esters is 1. The fraction of sp³-hybridized carbons (Fsp3) is 0.632. The van der Waals surface area contributed by atoms with E-state index in [0.29, 0.717) is 0 Å². The van der Waals surface area contributed by atoms with Gasteiger partial charge in [0.1, 0.15) is 28.6 Å². The number of aliphatic hydroxyl groups excluding tert-OH is 1. The summed E-state index contributed by atoms with van der Waals surface area (Å²) in [5, 5.41) is 11.0. The van der Waals surface area contributed by atoms with Gasteiger partial charge in [0.2, 0.25) is 0 Å². The monoisotopic (exact) mass is 416 g/mol. The number of piperidine rings is 1. The molecule has 1 unspecified atom stereocenters. The van der Waals surface area contributed by atoms with Crippen molar-refractivity contribution in [1.29, 1.82) is 0 Å². The molecule has 2 rings (SSSR count). The number of aromatic nitrogens is 1. The van der Waals surface area contributed by atoms with E-state index in [-0.39, 0.29) is 43.3 Å². The van der Waals surface area contributed by atoms with Crippen LogP contribution in [0.5, 0.6) is 0 Å². The number of amides is 1. The number of hydrogen-bond acceptors (Lipinski definition) is 6. The molecule has 0 bridgehead atoms. The second-order valence-corrected chi connectivity index (χ2v) is 8.20. The van der Waals surface area contributed by atoms with Crippen LogP contribution >= 0.6 is 11.6 Å². The maximum absolute atomic E-state index is 14.3. The van der Waals surface area contributed by atoms with Crippen LogP contribution in [0.3, 0.4) is 0 Å². The highest BCUT2D eigenvalue weighted by Crippen LogP contribution is 2.44. The smallest absolute Gasteiger partial charge is 0.410 e. The number of ether oxygens (including phenoxy) is 2. The fourth-order valence-corrected chi connectivity index (χ4v) is 3.31. The summed E-state index contributed by atoms with van der Waals surface area (Å²) in [5.41, 5.74) is -2.35. The Morgan fingerprint density at radius 1 is 1.39 bits per heavy atom. The van der Waals surface area contributed by atoms with Gasteiger partial charge in [0.15, 0.2) is 0 Å². The highest BCUT2D eigenvalue weighted by molar-refractivity contribution is 6.30. The normalized spacial score (nSPS) is 17.8. The molecule has 1 aromatic heterocycles. The predicted octanol–water partition coefficient (Wildman–Crippen LogP) is 3.49. The Labute approximate surface area is 168 Å². The first kappa shape index (κ1) is 22.4. The highest BCUT2D eigenvalue weighted by Gasteiger charge is 2.51. The van der Waals surface area contributed by atoms with E-state index < -0.39 is 35.0 Å². The van der Waals surface area contributed by atoms with Crippen molar-refractivity contribution < 1.29 is 28.6 Å². The number of rotatable bonds is 4. The zero-order valence-electron chi connectivity index (χ0n) is 16.5. The minimum Gasteiger partial charge on any atom is -0.465 e. The largest absolute Gasteiger partial charge is 0.465 e. The molecular formula is C19H26ClFN2O5. The van der Waals surface area contributed by atoms with E-state index in [9.17, 15) is 19.1 Å². The van der Waals surface area contributed by atoms with Gasteiger partial charge in [-0.1, -0.05) is 11.6 Å². The summed E-state index contributed by atoms with van der Waals surface area (Å²) in [4.78, 5) is 30.3. The van der Waals surface area contributed by atoms with E-state index >= 15 is 0 Å². The summed E-state index contributed by atoms with van der Waals surface area (Å²) < 4.78 is 24.8. The van der Waals surface area contributed by atoms with Gasteiger partial charge >= 0.3 is 12.1 Å². The van der Waals surface area contributed by atoms with E-state index in [1.807, 2.05) is 0 Å². The van der Waals surface area contributed by atoms with Gasteiger partial charge in [-0.05, 0) is 46.6 Å². The van der Waals surface area contributed by atoms with E-state index in [1.54, 1.807) is 27.7 Å². The van der Waals surface area contributed by atoms with Crippen LogP contribution in [-0.2, 0) is 14.3 Å². The zero-order valence-corrected chi connectivity index (χ0v) is 17.3. The maximum Gasteiger partial charge on any atom is 0.410 e. The average Bonchev–Trinajstić information content (AvgIpc) is 2.60. The third-order valence-electron chi connectivity index (χ3n) is 4.61. The van der Waals surface area contributed by atoms with Crippen LogP contribution < -0.4 is 0 Å². The van der Waals surface area contributed by atoms with Crippen LogP contribution in [-0.4, -0.2) is 52.4 Å². The number of likely N-dealkylation sites (tertiary alicyclic amines) is 1. The second-order valence-electron chi connectivity index (χ2n) is 7.77. The third-order valence-corrected chi connectivity index (χ3v) is 4.81. The van der Waals surface area contributed by atoms with Gasteiger partial charge < -0.3 is 19.5 Å². The van der Waals surface area contributed by atoms with Crippen molar-refractivity contribution in [2.45, 2.75) is 52.2 Å². The lowest BCUT2D eigenvalue weighted by Crippen LogP contribution is -2.51. The summed E-state index contributed by atoms with van der Waals surface area (Å²) in [7, 11) is 0. The van der Waals surface area contributed by atoms with E-state index in [4.69, 9.17) is 21.1 Å². The van der Waals surface area contributed by atoms with Crippen molar-refractivity contribution in [3.63, 3.8) is 0 Å². The molecule has 1 saturated heterocycles. The predicted molar refractivity (Wildman–Crippen MR) is 100 cm³/mol. The molecule has 1 aromatic rings. The van der Waals surface area contributed by atoms with Crippen LogP contribution in [0.25, 0.3) is 0 Å². The minimum absolute atomic E-state index is 0.0794. The Kier molecular flexibility index (Phi) is 6.88. The lowest BCUT2D eigenvalue weighted by atomic mass is 9.72. The van der Waals surface area contributed by atoms with Crippen molar-refractivity contribution >= 4 is 23.7 Å². The lowest BCUT2D eigenvalue weighted by molar-refractivity contribution is -0.169. The number of carbonyl (C=O) groups excluding carboxylic acids is 2. The second kappa shape index (κ2) is 8.61. The molecule has 2 heterocycles. The average molecular weight is 417 g/mol. The number of carbonyl (C=O) groups is 2. The van der Waals surface area contributed by atoms with E-state index in [2.05, 4.69) is 4.98 Å². The van der Waals surface area contributed by atoms with Gasteiger partial charge in [-0.25, -0.2) is 9.18 Å². The van der Waals surface area contributed by atoms with Crippen LogP contribution in [0.4, 0.5) is 9.18 Å². The molecule has 0 radical (unpaired) electrons. The first-order valence-electron chi connectivity index (χ1n) is 9.14. The molecule has 1 fully saturated rings. The molecule has 1 aliphatic heterocycles. The van der Waals surface area contributed by atoms with Crippen molar-refractivity contribution in [3.05, 3.63) is 28.8 Å². The van der Waals surface area contributed by atoms with Crippen LogP contribution in [0.15, 0.2) is 12.3 Å². The number of nitrogens with zero attached hydrogens (tertiary/aromatic N) is 2. The fourth-order valence-electron chi connectivity index (χ4n) is 3.17.